The van der Waals surface area contributed by atoms with Crippen molar-refractivity contribution >= 4 is 17.7 Å². The largest absolute Gasteiger partial charge is 0.345 e. The van der Waals surface area contributed by atoms with Gasteiger partial charge >= 0.3 is 0 Å². The fourth-order valence-electron chi connectivity index (χ4n) is 2.09. The van der Waals surface area contributed by atoms with Crippen molar-refractivity contribution in [1.82, 2.24) is 19.9 Å². The lowest BCUT2D eigenvalue weighted by atomic mass is 10.1. The van der Waals surface area contributed by atoms with Gasteiger partial charge in [0, 0.05) is 36.7 Å². The number of pyridine rings is 1. The Kier molecular flexibility index (Phi) is 5.80. The van der Waals surface area contributed by atoms with Gasteiger partial charge in [-0.2, -0.15) is 0 Å². The second-order valence-corrected chi connectivity index (χ2v) is 5.83. The number of hydrogen-bond donors (Lipinski definition) is 1. The van der Waals surface area contributed by atoms with Crippen LogP contribution in [0.5, 0.6) is 0 Å². The van der Waals surface area contributed by atoms with Gasteiger partial charge in [0.05, 0.1) is 11.8 Å². The number of nitrogens with zero attached hydrogens (tertiary/aromatic N) is 3. The molecule has 1 amide bonds. The fourth-order valence-corrected chi connectivity index (χ4v) is 2.78. The molecule has 0 saturated carbocycles. The molecule has 0 aliphatic rings. The highest BCUT2D eigenvalue weighted by atomic mass is 32.2. The maximum Gasteiger partial charge on any atom is 0.230 e. The summed E-state index contributed by atoms with van der Waals surface area (Å²) in [6.07, 6.45) is 9.00. The van der Waals surface area contributed by atoms with Gasteiger partial charge in [-0.05, 0) is 18.6 Å². The number of rotatable bonds is 7. The molecule has 0 bridgehead atoms. The van der Waals surface area contributed by atoms with Gasteiger partial charge < -0.3 is 9.88 Å². The van der Waals surface area contributed by atoms with Crippen molar-refractivity contribution in [2.45, 2.75) is 30.7 Å². The van der Waals surface area contributed by atoms with Crippen LogP contribution in [0.25, 0.3) is 0 Å². The van der Waals surface area contributed by atoms with E-state index in [4.69, 9.17) is 0 Å². The highest BCUT2D eigenvalue weighted by Crippen LogP contribution is 2.19. The van der Waals surface area contributed by atoms with Crippen LogP contribution in [0.3, 0.4) is 0 Å². The summed E-state index contributed by atoms with van der Waals surface area (Å²) in [5.41, 5.74) is 0. The lowest BCUT2D eigenvalue weighted by Gasteiger charge is -2.17. The predicted molar refractivity (Wildman–Crippen MR) is 84.0 cm³/mol. The lowest BCUT2D eigenvalue weighted by molar-refractivity contribution is -0.119. The second-order valence-electron chi connectivity index (χ2n) is 4.78. The van der Waals surface area contributed by atoms with Crippen molar-refractivity contribution in [2.24, 2.45) is 7.05 Å². The Morgan fingerprint density at radius 1 is 1.38 bits per heavy atom. The molecule has 2 aromatic rings. The molecule has 6 heteroatoms. The lowest BCUT2D eigenvalue weighted by Crippen LogP contribution is -2.31. The molecule has 5 nitrogen and oxygen atoms in total. The number of nitrogens with one attached hydrogen (secondary N) is 1. The summed E-state index contributed by atoms with van der Waals surface area (Å²) in [7, 11) is 1.95. The molecule has 0 aliphatic carbocycles. The molecule has 0 spiro atoms. The molecule has 2 rings (SSSR count). The van der Waals surface area contributed by atoms with Crippen LogP contribution in [-0.4, -0.2) is 26.2 Å². The van der Waals surface area contributed by atoms with E-state index in [2.05, 4.69) is 22.2 Å². The third-order valence-electron chi connectivity index (χ3n) is 3.10. The molecule has 0 radical (unpaired) electrons. The highest BCUT2D eigenvalue weighted by Gasteiger charge is 2.17. The Bertz CT molecular complexity index is 570. The van der Waals surface area contributed by atoms with Crippen molar-refractivity contribution in [3.8, 4) is 0 Å². The summed E-state index contributed by atoms with van der Waals surface area (Å²) in [5, 5.41) is 3.07. The smallest absolute Gasteiger partial charge is 0.230 e. The van der Waals surface area contributed by atoms with E-state index in [0.29, 0.717) is 5.75 Å². The summed E-state index contributed by atoms with van der Waals surface area (Å²) in [5.74, 6) is 1.33. The molecular weight excluding hydrogens is 284 g/mol. The number of carbonyl (C=O) groups excluding carboxylic acids is 1. The average Bonchev–Trinajstić information content (AvgIpc) is 2.92. The zero-order valence-corrected chi connectivity index (χ0v) is 13.1. The van der Waals surface area contributed by atoms with Gasteiger partial charge in [0.2, 0.25) is 5.91 Å². The zero-order chi connectivity index (χ0) is 15.1. The Balaban J connectivity index is 1.91. The number of imidazole rings is 1. The van der Waals surface area contributed by atoms with Gasteiger partial charge in [0.15, 0.2) is 0 Å². The minimum absolute atomic E-state index is 0.0262. The quantitative estimate of drug-likeness (QED) is 0.799. The van der Waals surface area contributed by atoms with Crippen LogP contribution < -0.4 is 5.32 Å². The van der Waals surface area contributed by atoms with E-state index in [0.717, 1.165) is 23.6 Å². The number of hydrogen-bond acceptors (Lipinski definition) is 4. The third-order valence-corrected chi connectivity index (χ3v) is 4.11. The minimum Gasteiger partial charge on any atom is -0.345 e. The Morgan fingerprint density at radius 3 is 2.76 bits per heavy atom. The number of carbonyl (C=O) groups is 1. The number of amides is 1. The predicted octanol–water partition coefficient (Wildman–Crippen LogP) is 2.56. The van der Waals surface area contributed by atoms with Crippen molar-refractivity contribution in [1.29, 1.82) is 0 Å². The molecule has 0 aliphatic heterocycles. The van der Waals surface area contributed by atoms with Crippen LogP contribution in [0.1, 0.15) is 31.6 Å². The van der Waals surface area contributed by atoms with Gasteiger partial charge in [-0.25, -0.2) is 4.98 Å². The van der Waals surface area contributed by atoms with Crippen LogP contribution in [0.2, 0.25) is 0 Å². The minimum atomic E-state index is -0.0273. The average molecular weight is 304 g/mol. The molecule has 2 heterocycles. The van der Waals surface area contributed by atoms with E-state index in [-0.39, 0.29) is 11.9 Å². The summed E-state index contributed by atoms with van der Waals surface area (Å²) in [6.45, 7) is 2.10. The van der Waals surface area contributed by atoms with Crippen LogP contribution in [-0.2, 0) is 11.8 Å². The van der Waals surface area contributed by atoms with Crippen molar-refractivity contribution in [3.63, 3.8) is 0 Å². The summed E-state index contributed by atoms with van der Waals surface area (Å²) in [4.78, 5) is 21.5. The number of aryl methyl sites for hydroxylation is 1. The first-order chi connectivity index (χ1) is 10.2. The van der Waals surface area contributed by atoms with E-state index in [1.165, 1.54) is 11.8 Å². The highest BCUT2D eigenvalue weighted by molar-refractivity contribution is 8.00. The summed E-state index contributed by atoms with van der Waals surface area (Å²) in [6, 6.07) is 3.78. The molecule has 1 N–H and O–H groups in total. The van der Waals surface area contributed by atoms with Crippen molar-refractivity contribution in [3.05, 3.63) is 42.7 Å². The molecule has 0 fully saturated rings. The summed E-state index contributed by atoms with van der Waals surface area (Å²) < 4.78 is 1.95. The van der Waals surface area contributed by atoms with Gasteiger partial charge in [-0.3, -0.25) is 9.78 Å². The van der Waals surface area contributed by atoms with E-state index in [1.54, 1.807) is 18.6 Å². The van der Waals surface area contributed by atoms with Gasteiger partial charge in [-0.15, -0.1) is 11.8 Å². The van der Waals surface area contributed by atoms with Crippen LogP contribution in [0.15, 0.2) is 41.8 Å². The Labute approximate surface area is 129 Å². The number of aromatic nitrogens is 3. The molecule has 112 valence electrons. The van der Waals surface area contributed by atoms with Gasteiger partial charge in [0.25, 0.3) is 0 Å². The third kappa shape index (κ3) is 4.60. The van der Waals surface area contributed by atoms with Crippen LogP contribution in [0, 0.1) is 0 Å². The maximum absolute atomic E-state index is 12.1. The molecule has 2 aromatic heterocycles. The van der Waals surface area contributed by atoms with Gasteiger partial charge in [0.1, 0.15) is 5.82 Å². The maximum atomic E-state index is 12.1. The van der Waals surface area contributed by atoms with Crippen LogP contribution in [0.4, 0.5) is 0 Å². The van der Waals surface area contributed by atoms with E-state index >= 15 is 0 Å². The SMILES string of the molecule is CCCC(NC(=O)CSc1ccncc1)c1nccn1C. The molecular formula is C15H20N4OS. The molecule has 0 aromatic carbocycles. The van der Waals surface area contributed by atoms with Crippen molar-refractivity contribution < 1.29 is 4.79 Å². The van der Waals surface area contributed by atoms with Crippen molar-refractivity contribution in [2.75, 3.05) is 5.75 Å². The topological polar surface area (TPSA) is 59.8 Å². The first-order valence-electron chi connectivity index (χ1n) is 7.00. The van der Waals surface area contributed by atoms with E-state index in [9.17, 15) is 4.79 Å². The van der Waals surface area contributed by atoms with E-state index in [1.807, 2.05) is 29.9 Å². The first kappa shape index (κ1) is 15.6. The fraction of sp³-hybridized carbons (Fsp3) is 0.400. The monoisotopic (exact) mass is 304 g/mol. The standard InChI is InChI=1S/C15H20N4OS/c1-3-4-13(15-17-9-10-19(15)2)18-14(20)11-21-12-5-7-16-8-6-12/h5-10,13H,3-4,11H2,1-2H3,(H,18,20). The first-order valence-corrected chi connectivity index (χ1v) is 7.98. The molecule has 21 heavy (non-hydrogen) atoms. The van der Waals surface area contributed by atoms with E-state index < -0.39 is 0 Å². The summed E-state index contributed by atoms with van der Waals surface area (Å²) >= 11 is 1.51. The molecule has 0 saturated heterocycles. The second kappa shape index (κ2) is 7.83. The van der Waals surface area contributed by atoms with Gasteiger partial charge in [-0.1, -0.05) is 13.3 Å². The zero-order valence-electron chi connectivity index (χ0n) is 12.3. The molecule has 1 atom stereocenters. The molecule has 1 unspecified atom stereocenters. The van der Waals surface area contributed by atoms with Crippen LogP contribution >= 0.6 is 11.8 Å². The Morgan fingerprint density at radius 2 is 2.14 bits per heavy atom. The normalized spacial score (nSPS) is 12.1. The number of thioether (sulfide) groups is 1. The Hall–Kier alpha value is -1.82.